The number of carbonyl (C=O) groups is 2. The van der Waals surface area contributed by atoms with Gasteiger partial charge < -0.3 is 14.8 Å². The Morgan fingerprint density at radius 3 is 2.35 bits per heavy atom. The van der Waals surface area contributed by atoms with E-state index in [4.69, 9.17) is 9.47 Å². The van der Waals surface area contributed by atoms with Crippen LogP contribution in [0.25, 0.3) is 0 Å². The van der Waals surface area contributed by atoms with Gasteiger partial charge >= 0.3 is 0 Å². The van der Waals surface area contributed by atoms with E-state index in [0.29, 0.717) is 17.2 Å². The molecule has 2 unspecified atom stereocenters. The zero-order chi connectivity index (χ0) is 14.9. The standard InChI is InChI=1S/C14H18N2O4/c1-8-14(18)16(9(2)13(17)15-8)10-5-6-11(19-3)12(7-10)20-4/h5-9H,1-4H3,(H,15,17). The van der Waals surface area contributed by atoms with Crippen molar-refractivity contribution in [3.63, 3.8) is 0 Å². The number of anilines is 1. The first-order valence-electron chi connectivity index (χ1n) is 6.35. The molecule has 0 radical (unpaired) electrons. The highest BCUT2D eigenvalue weighted by Gasteiger charge is 2.36. The molecule has 0 bridgehead atoms. The third-order valence-electron chi connectivity index (χ3n) is 3.38. The molecule has 6 nitrogen and oxygen atoms in total. The highest BCUT2D eigenvalue weighted by molar-refractivity contribution is 6.08. The van der Waals surface area contributed by atoms with Crippen molar-refractivity contribution in [3.8, 4) is 11.5 Å². The summed E-state index contributed by atoms with van der Waals surface area (Å²) in [5, 5.41) is 2.64. The van der Waals surface area contributed by atoms with E-state index in [1.54, 1.807) is 39.2 Å². The van der Waals surface area contributed by atoms with Gasteiger partial charge in [-0.2, -0.15) is 0 Å². The summed E-state index contributed by atoms with van der Waals surface area (Å²) >= 11 is 0. The van der Waals surface area contributed by atoms with Crippen LogP contribution in [0.15, 0.2) is 18.2 Å². The summed E-state index contributed by atoms with van der Waals surface area (Å²) in [5.74, 6) is 0.769. The maximum atomic E-state index is 12.3. The average Bonchev–Trinajstić information content (AvgIpc) is 2.45. The van der Waals surface area contributed by atoms with Crippen molar-refractivity contribution in [2.45, 2.75) is 25.9 Å². The first-order chi connectivity index (χ1) is 9.49. The van der Waals surface area contributed by atoms with E-state index in [1.165, 1.54) is 12.0 Å². The Labute approximate surface area is 117 Å². The smallest absolute Gasteiger partial charge is 0.250 e. The first kappa shape index (κ1) is 14.2. The minimum absolute atomic E-state index is 0.149. The molecular formula is C14H18N2O4. The Kier molecular flexibility index (Phi) is 3.83. The van der Waals surface area contributed by atoms with E-state index < -0.39 is 12.1 Å². The second kappa shape index (κ2) is 5.40. The summed E-state index contributed by atoms with van der Waals surface area (Å²) in [7, 11) is 3.07. The molecule has 1 aromatic rings. The number of hydrogen-bond acceptors (Lipinski definition) is 4. The maximum Gasteiger partial charge on any atom is 0.250 e. The fraction of sp³-hybridized carbons (Fsp3) is 0.429. The normalized spacial score (nSPS) is 22.5. The summed E-state index contributed by atoms with van der Waals surface area (Å²) in [6.45, 7) is 3.36. The van der Waals surface area contributed by atoms with Crippen molar-refractivity contribution in [3.05, 3.63) is 18.2 Å². The molecule has 1 aliphatic rings. The number of rotatable bonds is 3. The fourth-order valence-corrected chi connectivity index (χ4v) is 2.24. The lowest BCUT2D eigenvalue weighted by Gasteiger charge is -2.36. The van der Waals surface area contributed by atoms with Crippen LogP contribution in [-0.2, 0) is 9.59 Å². The lowest BCUT2D eigenvalue weighted by molar-refractivity contribution is -0.133. The van der Waals surface area contributed by atoms with Crippen LogP contribution in [0.3, 0.4) is 0 Å². The van der Waals surface area contributed by atoms with Gasteiger partial charge in [-0.3, -0.25) is 14.5 Å². The molecule has 1 saturated heterocycles. The number of benzene rings is 1. The molecule has 20 heavy (non-hydrogen) atoms. The van der Waals surface area contributed by atoms with E-state index in [9.17, 15) is 9.59 Å². The first-order valence-corrected chi connectivity index (χ1v) is 6.35. The van der Waals surface area contributed by atoms with E-state index in [-0.39, 0.29) is 11.8 Å². The number of hydrogen-bond donors (Lipinski definition) is 1. The second-order valence-corrected chi connectivity index (χ2v) is 4.65. The summed E-state index contributed by atoms with van der Waals surface area (Å²) in [4.78, 5) is 25.6. The quantitative estimate of drug-likeness (QED) is 0.893. The fourth-order valence-electron chi connectivity index (χ4n) is 2.24. The third-order valence-corrected chi connectivity index (χ3v) is 3.38. The molecular weight excluding hydrogens is 260 g/mol. The number of piperazine rings is 1. The molecule has 108 valence electrons. The van der Waals surface area contributed by atoms with Crippen LogP contribution >= 0.6 is 0 Å². The van der Waals surface area contributed by atoms with Crippen molar-refractivity contribution in [2.24, 2.45) is 0 Å². The predicted molar refractivity (Wildman–Crippen MR) is 74.1 cm³/mol. The Morgan fingerprint density at radius 1 is 1.10 bits per heavy atom. The number of ether oxygens (including phenoxy) is 2. The van der Waals surface area contributed by atoms with Crippen LogP contribution in [0.4, 0.5) is 5.69 Å². The van der Waals surface area contributed by atoms with Crippen molar-refractivity contribution >= 4 is 17.5 Å². The Balaban J connectivity index is 2.43. The van der Waals surface area contributed by atoms with E-state index in [0.717, 1.165) is 0 Å². The molecule has 0 spiro atoms. The topological polar surface area (TPSA) is 67.9 Å². The van der Waals surface area contributed by atoms with Crippen molar-refractivity contribution in [1.82, 2.24) is 5.32 Å². The van der Waals surface area contributed by atoms with E-state index >= 15 is 0 Å². The van der Waals surface area contributed by atoms with Crippen LogP contribution in [0.5, 0.6) is 11.5 Å². The molecule has 2 amide bonds. The van der Waals surface area contributed by atoms with Gasteiger partial charge in [0.15, 0.2) is 11.5 Å². The second-order valence-electron chi connectivity index (χ2n) is 4.65. The van der Waals surface area contributed by atoms with Crippen molar-refractivity contribution in [2.75, 3.05) is 19.1 Å². The summed E-state index contributed by atoms with van der Waals surface area (Å²) < 4.78 is 10.4. The summed E-state index contributed by atoms with van der Waals surface area (Å²) in [5.41, 5.74) is 0.613. The molecule has 0 aromatic heterocycles. The molecule has 1 N–H and O–H groups in total. The van der Waals surface area contributed by atoms with Crippen LogP contribution in [0.1, 0.15) is 13.8 Å². The molecule has 2 atom stereocenters. The molecule has 0 saturated carbocycles. The van der Waals surface area contributed by atoms with Gasteiger partial charge in [0.05, 0.1) is 14.2 Å². The molecule has 0 aliphatic carbocycles. The maximum absolute atomic E-state index is 12.3. The predicted octanol–water partition coefficient (Wildman–Crippen LogP) is 0.944. The van der Waals surface area contributed by atoms with Crippen molar-refractivity contribution < 1.29 is 19.1 Å². The monoisotopic (exact) mass is 278 g/mol. The highest BCUT2D eigenvalue weighted by atomic mass is 16.5. The molecule has 6 heteroatoms. The van der Waals surface area contributed by atoms with Gasteiger partial charge in [-0.15, -0.1) is 0 Å². The minimum Gasteiger partial charge on any atom is -0.493 e. The summed E-state index contributed by atoms with van der Waals surface area (Å²) in [6, 6.07) is 4.05. The molecule has 2 rings (SSSR count). The van der Waals surface area contributed by atoms with Gasteiger partial charge in [0.2, 0.25) is 11.8 Å². The van der Waals surface area contributed by atoms with Gasteiger partial charge in [0.1, 0.15) is 12.1 Å². The van der Waals surface area contributed by atoms with Crippen molar-refractivity contribution in [1.29, 1.82) is 0 Å². The minimum atomic E-state index is -0.559. The number of amides is 2. The molecule has 1 fully saturated rings. The number of nitrogens with one attached hydrogen (secondary N) is 1. The van der Waals surface area contributed by atoms with Gasteiger partial charge in [-0.1, -0.05) is 0 Å². The zero-order valence-corrected chi connectivity index (χ0v) is 12.0. The summed E-state index contributed by atoms with van der Waals surface area (Å²) in [6.07, 6.45) is 0. The molecule has 1 heterocycles. The van der Waals surface area contributed by atoms with Crippen LogP contribution in [0, 0.1) is 0 Å². The van der Waals surface area contributed by atoms with Gasteiger partial charge in [0.25, 0.3) is 0 Å². The Morgan fingerprint density at radius 2 is 1.75 bits per heavy atom. The van der Waals surface area contributed by atoms with Crippen LogP contribution < -0.4 is 19.7 Å². The van der Waals surface area contributed by atoms with Gasteiger partial charge in [0, 0.05) is 11.8 Å². The third kappa shape index (κ3) is 2.29. The number of nitrogens with zero attached hydrogens (tertiary/aromatic N) is 1. The van der Waals surface area contributed by atoms with Gasteiger partial charge in [-0.05, 0) is 26.0 Å². The largest absolute Gasteiger partial charge is 0.493 e. The lowest BCUT2D eigenvalue weighted by atomic mass is 10.1. The van der Waals surface area contributed by atoms with Gasteiger partial charge in [-0.25, -0.2) is 0 Å². The van der Waals surface area contributed by atoms with E-state index in [2.05, 4.69) is 5.32 Å². The number of carbonyl (C=O) groups excluding carboxylic acids is 2. The molecule has 1 aliphatic heterocycles. The molecule has 1 aromatic carbocycles. The zero-order valence-electron chi connectivity index (χ0n) is 12.0. The van der Waals surface area contributed by atoms with Crippen LogP contribution in [-0.4, -0.2) is 38.1 Å². The Bertz CT molecular complexity index is 544. The lowest BCUT2D eigenvalue weighted by Crippen LogP contribution is -2.61. The average molecular weight is 278 g/mol. The SMILES string of the molecule is COc1ccc(N2C(=O)C(C)NC(=O)C2C)cc1OC. The highest BCUT2D eigenvalue weighted by Crippen LogP contribution is 2.33. The Hall–Kier alpha value is -2.24. The number of methoxy groups -OCH3 is 2. The van der Waals surface area contributed by atoms with E-state index in [1.807, 2.05) is 0 Å². The van der Waals surface area contributed by atoms with Crippen LogP contribution in [0.2, 0.25) is 0 Å².